The van der Waals surface area contributed by atoms with Gasteiger partial charge in [-0.05, 0) is 55.0 Å². The number of benzene rings is 3. The highest BCUT2D eigenvalue weighted by Gasteiger charge is 2.24. The van der Waals surface area contributed by atoms with Gasteiger partial charge < -0.3 is 9.73 Å². The molecule has 0 spiro atoms. The minimum absolute atomic E-state index is 0.150. The van der Waals surface area contributed by atoms with E-state index in [1.807, 2.05) is 19.1 Å². The molecule has 0 saturated carbocycles. The van der Waals surface area contributed by atoms with E-state index in [0.717, 1.165) is 5.56 Å². The number of aryl methyl sites for hydroxylation is 1. The molecule has 0 fully saturated rings. The van der Waals surface area contributed by atoms with Crippen molar-refractivity contribution in [1.82, 2.24) is 10.2 Å². The second-order valence-electron chi connectivity index (χ2n) is 6.66. The number of nitrogens with zero attached hydrogens (tertiary/aromatic N) is 2. The predicted octanol–water partition coefficient (Wildman–Crippen LogP) is 6.83. The lowest BCUT2D eigenvalue weighted by Crippen LogP contribution is -2.13. The summed E-state index contributed by atoms with van der Waals surface area (Å²) in [6.07, 6.45) is 0. The minimum Gasteiger partial charge on any atom is -0.418 e. The molecule has 0 aliphatic carbocycles. The third-order valence-electron chi connectivity index (χ3n) is 4.52. The fourth-order valence-corrected chi connectivity index (χ4v) is 3.40. The summed E-state index contributed by atoms with van der Waals surface area (Å²) in [4.78, 5) is 0. The maximum Gasteiger partial charge on any atom is 0.247 e. The Morgan fingerprint density at radius 2 is 1.70 bits per heavy atom. The molecule has 1 N–H and O–H groups in total. The number of hydrogen-bond donors (Lipinski definition) is 1. The third kappa shape index (κ3) is 4.30. The Hall–Kier alpha value is -2.96. The zero-order valence-electron chi connectivity index (χ0n) is 15.7. The van der Waals surface area contributed by atoms with Crippen LogP contribution in [-0.4, -0.2) is 10.2 Å². The van der Waals surface area contributed by atoms with Gasteiger partial charge in [0.05, 0.1) is 0 Å². The van der Waals surface area contributed by atoms with Gasteiger partial charge in [0.25, 0.3) is 0 Å². The van der Waals surface area contributed by atoms with E-state index < -0.39 is 17.7 Å². The number of aromatic nitrogens is 2. The molecule has 4 rings (SSSR count). The van der Waals surface area contributed by atoms with Crippen LogP contribution in [0.4, 0.5) is 14.5 Å². The Labute approximate surface area is 181 Å². The van der Waals surface area contributed by atoms with E-state index in [2.05, 4.69) is 15.5 Å². The van der Waals surface area contributed by atoms with Crippen molar-refractivity contribution in [2.45, 2.75) is 13.0 Å². The van der Waals surface area contributed by atoms with E-state index in [1.54, 1.807) is 18.2 Å². The molecule has 4 aromatic rings. The van der Waals surface area contributed by atoms with Crippen molar-refractivity contribution in [3.05, 3.63) is 99.4 Å². The quantitative estimate of drug-likeness (QED) is 0.365. The topological polar surface area (TPSA) is 51.0 Å². The molecule has 8 heteroatoms. The molecule has 0 radical (unpaired) electrons. The first-order chi connectivity index (χ1) is 14.4. The molecule has 3 aromatic carbocycles. The zero-order chi connectivity index (χ0) is 21.3. The molecule has 0 saturated heterocycles. The molecule has 1 heterocycles. The van der Waals surface area contributed by atoms with Crippen LogP contribution in [0.5, 0.6) is 0 Å². The first-order valence-corrected chi connectivity index (χ1v) is 9.73. The molecular weight excluding hydrogens is 431 g/mol. The number of hydrogen-bond acceptors (Lipinski definition) is 4. The van der Waals surface area contributed by atoms with E-state index in [1.165, 1.54) is 30.3 Å². The van der Waals surface area contributed by atoms with Gasteiger partial charge in [-0.25, -0.2) is 8.78 Å². The van der Waals surface area contributed by atoms with Crippen molar-refractivity contribution in [2.24, 2.45) is 0 Å². The third-order valence-corrected chi connectivity index (χ3v) is 5.25. The molecule has 0 aliphatic heterocycles. The monoisotopic (exact) mass is 445 g/mol. The van der Waals surface area contributed by atoms with Crippen LogP contribution in [0.15, 0.2) is 65.1 Å². The Morgan fingerprint density at radius 1 is 0.900 bits per heavy atom. The van der Waals surface area contributed by atoms with Gasteiger partial charge in [0.1, 0.15) is 17.7 Å². The lowest BCUT2D eigenvalue weighted by Gasteiger charge is -2.19. The van der Waals surface area contributed by atoms with Gasteiger partial charge in [-0.1, -0.05) is 41.4 Å². The summed E-state index contributed by atoms with van der Waals surface area (Å²) >= 11 is 12.5. The van der Waals surface area contributed by atoms with Gasteiger partial charge in [0.15, 0.2) is 0 Å². The molecule has 0 amide bonds. The highest BCUT2D eigenvalue weighted by atomic mass is 35.5. The highest BCUT2D eigenvalue weighted by Crippen LogP contribution is 2.33. The van der Waals surface area contributed by atoms with Crippen LogP contribution in [0.1, 0.15) is 23.1 Å². The average molecular weight is 446 g/mol. The predicted molar refractivity (Wildman–Crippen MR) is 113 cm³/mol. The van der Waals surface area contributed by atoms with E-state index >= 15 is 0 Å². The lowest BCUT2D eigenvalue weighted by molar-refractivity contribution is 0.493. The maximum atomic E-state index is 13.6. The molecule has 0 bridgehead atoms. The van der Waals surface area contributed by atoms with Crippen molar-refractivity contribution in [3.8, 4) is 11.5 Å². The number of halogens is 4. The van der Waals surface area contributed by atoms with Crippen LogP contribution < -0.4 is 5.32 Å². The van der Waals surface area contributed by atoms with Gasteiger partial charge in [0, 0.05) is 26.9 Å². The summed E-state index contributed by atoms with van der Waals surface area (Å²) in [7, 11) is 0. The van der Waals surface area contributed by atoms with Crippen LogP contribution in [0.3, 0.4) is 0 Å². The fraction of sp³-hybridized carbons (Fsp3) is 0.0909. The van der Waals surface area contributed by atoms with Crippen LogP contribution in [0.25, 0.3) is 11.5 Å². The van der Waals surface area contributed by atoms with E-state index in [0.29, 0.717) is 21.8 Å². The van der Waals surface area contributed by atoms with Crippen molar-refractivity contribution >= 4 is 28.9 Å². The van der Waals surface area contributed by atoms with Crippen molar-refractivity contribution in [1.29, 1.82) is 0 Å². The van der Waals surface area contributed by atoms with Crippen molar-refractivity contribution in [3.63, 3.8) is 0 Å². The smallest absolute Gasteiger partial charge is 0.247 e. The summed E-state index contributed by atoms with van der Waals surface area (Å²) in [5.74, 6) is -0.555. The Bertz CT molecular complexity index is 1210. The van der Waals surface area contributed by atoms with Gasteiger partial charge in [-0.2, -0.15) is 0 Å². The van der Waals surface area contributed by atoms with Gasteiger partial charge in [0.2, 0.25) is 11.8 Å². The molecule has 1 aromatic heterocycles. The second-order valence-corrected chi connectivity index (χ2v) is 7.48. The summed E-state index contributed by atoms with van der Waals surface area (Å²) in [5.41, 5.74) is 2.58. The van der Waals surface area contributed by atoms with Crippen molar-refractivity contribution < 1.29 is 13.2 Å². The Balaban J connectivity index is 1.76. The summed E-state index contributed by atoms with van der Waals surface area (Å²) < 4.78 is 33.0. The van der Waals surface area contributed by atoms with E-state index in [9.17, 15) is 8.78 Å². The standard InChI is InChI=1S/C22H15Cl2F2N3O/c1-12-5-7-16(11-18(12)23)27-20(17-8-6-15(26)10-19(17)24)22-29-28-21(30-22)13-3-2-4-14(25)9-13/h2-11,20,27H,1H3/t20-/m0/s1. The van der Waals surface area contributed by atoms with Crippen LogP contribution in [-0.2, 0) is 0 Å². The molecular formula is C22H15Cl2F2N3O. The molecule has 0 unspecified atom stereocenters. The molecule has 4 nitrogen and oxygen atoms in total. The fourth-order valence-electron chi connectivity index (χ4n) is 2.95. The summed E-state index contributed by atoms with van der Waals surface area (Å²) in [6, 6.07) is 14.6. The molecule has 1 atom stereocenters. The molecule has 152 valence electrons. The average Bonchev–Trinajstić information content (AvgIpc) is 3.19. The first-order valence-electron chi connectivity index (χ1n) is 8.97. The number of rotatable bonds is 5. The molecule has 0 aliphatic rings. The van der Waals surface area contributed by atoms with Gasteiger partial charge >= 0.3 is 0 Å². The van der Waals surface area contributed by atoms with Gasteiger partial charge in [-0.3, -0.25) is 0 Å². The maximum absolute atomic E-state index is 13.6. The van der Waals surface area contributed by atoms with E-state index in [4.69, 9.17) is 27.6 Å². The first kappa shape index (κ1) is 20.3. The zero-order valence-corrected chi connectivity index (χ0v) is 17.2. The Morgan fingerprint density at radius 3 is 2.43 bits per heavy atom. The highest BCUT2D eigenvalue weighted by molar-refractivity contribution is 6.32. The summed E-state index contributed by atoms with van der Waals surface area (Å²) in [5, 5.41) is 12.2. The SMILES string of the molecule is Cc1ccc(N[C@H](c2nnc(-c3cccc(F)c3)o2)c2ccc(F)cc2Cl)cc1Cl. The number of nitrogens with one attached hydrogen (secondary N) is 1. The largest absolute Gasteiger partial charge is 0.418 e. The molecule has 30 heavy (non-hydrogen) atoms. The normalized spacial score (nSPS) is 12.0. The second kappa shape index (κ2) is 8.42. The number of anilines is 1. The van der Waals surface area contributed by atoms with Crippen LogP contribution in [0, 0.1) is 18.6 Å². The van der Waals surface area contributed by atoms with Crippen LogP contribution >= 0.6 is 23.2 Å². The Kier molecular flexibility index (Phi) is 5.70. The lowest BCUT2D eigenvalue weighted by atomic mass is 10.1. The van der Waals surface area contributed by atoms with Crippen LogP contribution in [0.2, 0.25) is 10.0 Å². The van der Waals surface area contributed by atoms with E-state index in [-0.39, 0.29) is 16.8 Å². The summed E-state index contributed by atoms with van der Waals surface area (Å²) in [6.45, 7) is 1.89. The van der Waals surface area contributed by atoms with Gasteiger partial charge in [-0.15, -0.1) is 10.2 Å². The van der Waals surface area contributed by atoms with Crippen molar-refractivity contribution in [2.75, 3.05) is 5.32 Å². The minimum atomic E-state index is -0.688.